The van der Waals surface area contributed by atoms with Crippen molar-refractivity contribution in [3.63, 3.8) is 0 Å². The van der Waals surface area contributed by atoms with Crippen LogP contribution >= 0.6 is 0 Å². The molecule has 1 aromatic rings. The van der Waals surface area contributed by atoms with E-state index in [1.807, 2.05) is 0 Å². The predicted molar refractivity (Wildman–Crippen MR) is 114 cm³/mol. The van der Waals surface area contributed by atoms with Crippen LogP contribution in [-0.2, 0) is 28.7 Å². The minimum atomic E-state index is -4.51. The molecule has 2 heterocycles. The van der Waals surface area contributed by atoms with Gasteiger partial charge in [0.15, 0.2) is 0 Å². The van der Waals surface area contributed by atoms with E-state index in [0.29, 0.717) is 43.5 Å². The Labute approximate surface area is 191 Å². The maximum Gasteiger partial charge on any atom is 0.417 e. The first-order valence-corrected chi connectivity index (χ1v) is 11.3. The molecule has 7 nitrogen and oxygen atoms in total. The molecule has 2 aliphatic rings. The lowest BCUT2D eigenvalue weighted by Crippen LogP contribution is -2.51. The van der Waals surface area contributed by atoms with Crippen LogP contribution in [0.15, 0.2) is 12.3 Å². The number of ether oxygens (including phenoxy) is 1. The molecule has 184 valence electrons. The van der Waals surface area contributed by atoms with E-state index < -0.39 is 35.0 Å². The third kappa shape index (κ3) is 5.59. The zero-order valence-electron chi connectivity index (χ0n) is 19.5. The number of fused-ring (bicyclic) bond motifs is 1. The van der Waals surface area contributed by atoms with Crippen LogP contribution in [0.1, 0.15) is 70.2 Å². The summed E-state index contributed by atoms with van der Waals surface area (Å²) in [5, 5.41) is 13.6. The van der Waals surface area contributed by atoms with Crippen LogP contribution < -0.4 is 5.32 Å². The van der Waals surface area contributed by atoms with Crippen molar-refractivity contribution in [2.45, 2.75) is 90.3 Å². The summed E-state index contributed by atoms with van der Waals surface area (Å²) in [5.41, 5.74) is -1.70. The van der Waals surface area contributed by atoms with E-state index in [-0.39, 0.29) is 24.9 Å². The van der Waals surface area contributed by atoms with Gasteiger partial charge in [-0.05, 0) is 58.1 Å². The summed E-state index contributed by atoms with van der Waals surface area (Å²) in [7, 11) is 0. The number of aromatic nitrogens is 1. The minimum absolute atomic E-state index is 0.00737. The monoisotopic (exact) mass is 471 g/mol. The summed E-state index contributed by atoms with van der Waals surface area (Å²) in [4.78, 5) is 31.3. The lowest BCUT2D eigenvalue weighted by atomic mass is 9.77. The molecule has 1 saturated carbocycles. The van der Waals surface area contributed by atoms with Crippen LogP contribution in [0.25, 0.3) is 0 Å². The zero-order valence-corrected chi connectivity index (χ0v) is 19.5. The molecule has 10 heteroatoms. The number of alkyl carbamates (subject to hydrolysis) is 1. The molecule has 2 unspecified atom stereocenters. The van der Waals surface area contributed by atoms with Crippen molar-refractivity contribution >= 4 is 12.0 Å². The molecular formula is C23H32F3N3O4. The van der Waals surface area contributed by atoms with E-state index >= 15 is 0 Å². The maximum absolute atomic E-state index is 13.7. The van der Waals surface area contributed by atoms with Crippen LogP contribution in [-0.4, -0.2) is 51.3 Å². The first-order chi connectivity index (χ1) is 15.2. The quantitative estimate of drug-likeness (QED) is 0.697. The molecule has 0 aromatic carbocycles. The number of halogens is 3. The van der Waals surface area contributed by atoms with Gasteiger partial charge in [0.25, 0.3) is 0 Å². The Balaban J connectivity index is 1.78. The second kappa shape index (κ2) is 9.12. The standard InChI is InChI=1S/C23H32F3N3O4/c1-5-18(30)22(8-6-16(11-22)28-20(32)33-21(2,3)4)19(31)29-9-7-17-14(13-29)10-15(12-27-17)23(24,25)26/h10,12,16,18,30H,5-9,11,13H2,1-4H3,(H,28,32)/t16-,18?,22?/m1/s1. The molecule has 0 spiro atoms. The molecule has 0 bridgehead atoms. The number of nitrogens with zero attached hydrogens (tertiary/aromatic N) is 2. The lowest BCUT2D eigenvalue weighted by Gasteiger charge is -2.39. The molecule has 1 aliphatic heterocycles. The number of alkyl halides is 3. The van der Waals surface area contributed by atoms with Gasteiger partial charge in [-0.3, -0.25) is 9.78 Å². The summed E-state index contributed by atoms with van der Waals surface area (Å²) in [6.45, 7) is 7.36. The van der Waals surface area contributed by atoms with Crippen molar-refractivity contribution < 1.29 is 32.6 Å². The predicted octanol–water partition coefficient (Wildman–Crippen LogP) is 3.82. The number of amides is 2. The summed E-state index contributed by atoms with van der Waals surface area (Å²) in [5.74, 6) is -0.298. The number of carbonyl (C=O) groups excluding carboxylic acids is 2. The number of aliphatic hydroxyl groups excluding tert-OH is 1. The Kier molecular flexibility index (Phi) is 6.98. The van der Waals surface area contributed by atoms with Gasteiger partial charge in [-0.1, -0.05) is 6.92 Å². The maximum atomic E-state index is 13.7. The summed E-state index contributed by atoms with van der Waals surface area (Å²) in [6.07, 6.45) is -3.42. The number of hydrogen-bond acceptors (Lipinski definition) is 5. The van der Waals surface area contributed by atoms with Gasteiger partial charge in [0, 0.05) is 37.4 Å². The van der Waals surface area contributed by atoms with Gasteiger partial charge in [0.05, 0.1) is 17.1 Å². The highest BCUT2D eigenvalue weighted by Gasteiger charge is 2.52. The second-order valence-electron chi connectivity index (χ2n) is 9.97. The molecule has 1 aliphatic carbocycles. The Morgan fingerprint density at radius 3 is 2.67 bits per heavy atom. The van der Waals surface area contributed by atoms with Crippen molar-refractivity contribution in [1.82, 2.24) is 15.2 Å². The normalized spacial score (nSPS) is 24.2. The van der Waals surface area contributed by atoms with Crippen LogP contribution in [0, 0.1) is 5.41 Å². The Morgan fingerprint density at radius 1 is 1.36 bits per heavy atom. The fourth-order valence-corrected chi connectivity index (χ4v) is 4.77. The van der Waals surface area contributed by atoms with Crippen molar-refractivity contribution in [3.05, 3.63) is 29.1 Å². The van der Waals surface area contributed by atoms with Gasteiger partial charge in [-0.2, -0.15) is 13.2 Å². The van der Waals surface area contributed by atoms with E-state index in [1.54, 1.807) is 27.7 Å². The van der Waals surface area contributed by atoms with Gasteiger partial charge in [0.1, 0.15) is 5.60 Å². The highest BCUT2D eigenvalue weighted by molar-refractivity contribution is 5.84. The van der Waals surface area contributed by atoms with Crippen molar-refractivity contribution in [3.8, 4) is 0 Å². The third-order valence-corrected chi connectivity index (χ3v) is 6.38. The van der Waals surface area contributed by atoms with Crippen LogP contribution in [0.3, 0.4) is 0 Å². The molecule has 1 aromatic heterocycles. The van der Waals surface area contributed by atoms with E-state index in [9.17, 15) is 27.9 Å². The first-order valence-electron chi connectivity index (χ1n) is 11.3. The largest absolute Gasteiger partial charge is 0.444 e. The van der Waals surface area contributed by atoms with E-state index in [0.717, 1.165) is 12.3 Å². The summed E-state index contributed by atoms with van der Waals surface area (Å²) >= 11 is 0. The molecule has 0 saturated heterocycles. The topological polar surface area (TPSA) is 91.8 Å². The number of nitrogens with one attached hydrogen (secondary N) is 1. The molecule has 0 radical (unpaired) electrons. The number of pyridine rings is 1. The average Bonchev–Trinajstić information content (AvgIpc) is 3.14. The van der Waals surface area contributed by atoms with Crippen LogP contribution in [0.4, 0.5) is 18.0 Å². The number of hydrogen-bond donors (Lipinski definition) is 2. The molecule has 2 N–H and O–H groups in total. The van der Waals surface area contributed by atoms with E-state index in [2.05, 4.69) is 10.3 Å². The fraction of sp³-hybridized carbons (Fsp3) is 0.696. The molecule has 1 fully saturated rings. The van der Waals surface area contributed by atoms with Gasteiger partial charge < -0.3 is 20.1 Å². The number of carbonyl (C=O) groups is 2. The minimum Gasteiger partial charge on any atom is -0.444 e. The molecule has 2 amide bonds. The van der Waals surface area contributed by atoms with Crippen molar-refractivity contribution in [2.75, 3.05) is 6.54 Å². The van der Waals surface area contributed by atoms with Crippen molar-refractivity contribution in [1.29, 1.82) is 0 Å². The fourth-order valence-electron chi connectivity index (χ4n) is 4.77. The summed E-state index contributed by atoms with van der Waals surface area (Å²) < 4.78 is 44.7. The van der Waals surface area contributed by atoms with Gasteiger partial charge in [-0.15, -0.1) is 0 Å². The van der Waals surface area contributed by atoms with Crippen LogP contribution in [0.5, 0.6) is 0 Å². The highest BCUT2D eigenvalue weighted by Crippen LogP contribution is 2.45. The first kappa shape index (κ1) is 25.3. The SMILES string of the molecule is CCC(O)C1(C(=O)N2CCc3ncc(C(F)(F)F)cc3C2)CC[C@@H](NC(=O)OC(C)(C)C)C1. The third-order valence-electron chi connectivity index (χ3n) is 6.38. The highest BCUT2D eigenvalue weighted by atomic mass is 19.4. The zero-order chi connectivity index (χ0) is 24.6. The number of aliphatic hydroxyl groups is 1. The molecule has 33 heavy (non-hydrogen) atoms. The average molecular weight is 472 g/mol. The Bertz CT molecular complexity index is 900. The van der Waals surface area contributed by atoms with Gasteiger partial charge in [0.2, 0.25) is 5.91 Å². The molecule has 3 atom stereocenters. The molecule has 3 rings (SSSR count). The number of rotatable bonds is 4. The van der Waals surface area contributed by atoms with Crippen molar-refractivity contribution in [2.24, 2.45) is 5.41 Å². The van der Waals surface area contributed by atoms with E-state index in [4.69, 9.17) is 4.74 Å². The van der Waals surface area contributed by atoms with Gasteiger partial charge >= 0.3 is 12.3 Å². The smallest absolute Gasteiger partial charge is 0.417 e. The second-order valence-corrected chi connectivity index (χ2v) is 9.97. The lowest BCUT2D eigenvalue weighted by molar-refractivity contribution is -0.150. The Hall–Kier alpha value is -2.36. The summed E-state index contributed by atoms with van der Waals surface area (Å²) in [6, 6.07) is 0.701. The van der Waals surface area contributed by atoms with E-state index in [1.165, 1.54) is 4.90 Å². The van der Waals surface area contributed by atoms with Gasteiger partial charge in [-0.25, -0.2) is 4.79 Å². The Morgan fingerprint density at radius 2 is 2.06 bits per heavy atom. The van der Waals surface area contributed by atoms with Crippen LogP contribution in [0.2, 0.25) is 0 Å². The molecular weight excluding hydrogens is 439 g/mol.